The lowest BCUT2D eigenvalue weighted by Crippen LogP contribution is -2.30. The summed E-state index contributed by atoms with van der Waals surface area (Å²) in [7, 11) is 0. The number of carboxylic acid groups (broad SMARTS) is 1. The Hall–Kier alpha value is -0.810. The van der Waals surface area contributed by atoms with Crippen LogP contribution in [0.2, 0.25) is 0 Å². The van der Waals surface area contributed by atoms with Gasteiger partial charge in [-0.15, -0.1) is 0 Å². The molecule has 0 aromatic heterocycles. The lowest BCUT2D eigenvalue weighted by Gasteiger charge is -2.18. The molecule has 0 saturated carbocycles. The van der Waals surface area contributed by atoms with Crippen molar-refractivity contribution < 1.29 is 19.4 Å². The summed E-state index contributed by atoms with van der Waals surface area (Å²) in [6.45, 7) is 5.34. The molecule has 2 unspecified atom stereocenters. The first-order valence-electron chi connectivity index (χ1n) is 4.88. The van der Waals surface area contributed by atoms with Crippen molar-refractivity contribution in [3.05, 3.63) is 0 Å². The van der Waals surface area contributed by atoms with E-state index in [0.717, 1.165) is 6.42 Å². The number of hydrogen-bond acceptors (Lipinski definition) is 3. The highest BCUT2D eigenvalue weighted by atomic mass is 16.7. The Bertz CT molecular complexity index is 197. The van der Waals surface area contributed by atoms with Crippen LogP contribution in [0.5, 0.6) is 0 Å². The van der Waals surface area contributed by atoms with Crippen LogP contribution in [0.15, 0.2) is 0 Å². The highest BCUT2D eigenvalue weighted by molar-refractivity contribution is 5.65. The van der Waals surface area contributed by atoms with Gasteiger partial charge in [0.2, 0.25) is 0 Å². The predicted molar refractivity (Wildman–Crippen MR) is 50.2 cm³/mol. The number of amides is 1. The third kappa shape index (κ3) is 3.16. The topological polar surface area (TPSA) is 59.0 Å². The Labute approximate surface area is 83.6 Å². The van der Waals surface area contributed by atoms with Gasteiger partial charge < -0.3 is 19.5 Å². The molecule has 1 heterocycles. The van der Waals surface area contributed by atoms with Crippen LogP contribution in [0.4, 0.5) is 4.79 Å². The Morgan fingerprint density at radius 3 is 2.93 bits per heavy atom. The normalized spacial score (nSPS) is 23.9. The van der Waals surface area contributed by atoms with Crippen LogP contribution in [0.1, 0.15) is 20.3 Å². The highest BCUT2D eigenvalue weighted by Crippen LogP contribution is 2.14. The molecule has 1 aliphatic rings. The van der Waals surface area contributed by atoms with E-state index < -0.39 is 6.09 Å². The number of nitrogens with zero attached hydrogens (tertiary/aromatic N) is 1. The zero-order valence-corrected chi connectivity index (χ0v) is 8.60. The first-order valence-corrected chi connectivity index (χ1v) is 4.88. The molecule has 1 saturated heterocycles. The van der Waals surface area contributed by atoms with Gasteiger partial charge >= 0.3 is 6.09 Å². The monoisotopic (exact) mass is 203 g/mol. The summed E-state index contributed by atoms with van der Waals surface area (Å²) in [6.07, 6.45) is -0.393. The van der Waals surface area contributed by atoms with Crippen LogP contribution >= 0.6 is 0 Å². The number of rotatable bonds is 4. The second-order valence-corrected chi connectivity index (χ2v) is 3.30. The van der Waals surface area contributed by atoms with E-state index in [1.165, 1.54) is 4.90 Å². The van der Waals surface area contributed by atoms with Crippen molar-refractivity contribution in [2.24, 2.45) is 0 Å². The highest BCUT2D eigenvalue weighted by Gasteiger charge is 2.27. The molecule has 1 fully saturated rings. The molecule has 0 aromatic carbocycles. The third-order valence-electron chi connectivity index (χ3n) is 2.20. The average Bonchev–Trinajstić information content (AvgIpc) is 2.53. The van der Waals surface area contributed by atoms with Crippen LogP contribution in [0.25, 0.3) is 0 Å². The van der Waals surface area contributed by atoms with E-state index in [1.54, 1.807) is 0 Å². The van der Waals surface area contributed by atoms with Gasteiger partial charge in [-0.3, -0.25) is 0 Å². The third-order valence-corrected chi connectivity index (χ3v) is 2.20. The largest absolute Gasteiger partial charge is 0.465 e. The second kappa shape index (κ2) is 5.17. The zero-order valence-electron chi connectivity index (χ0n) is 8.60. The molecule has 2 atom stereocenters. The van der Waals surface area contributed by atoms with E-state index in [-0.39, 0.29) is 12.4 Å². The van der Waals surface area contributed by atoms with Gasteiger partial charge in [-0.1, -0.05) is 0 Å². The van der Waals surface area contributed by atoms with Crippen LogP contribution in [-0.2, 0) is 9.47 Å². The first-order chi connectivity index (χ1) is 6.63. The van der Waals surface area contributed by atoms with E-state index in [9.17, 15) is 4.79 Å². The number of hydrogen-bond donors (Lipinski definition) is 1. The van der Waals surface area contributed by atoms with E-state index in [4.69, 9.17) is 14.6 Å². The fourth-order valence-corrected chi connectivity index (χ4v) is 1.56. The molecule has 5 nitrogen and oxygen atoms in total. The maximum atomic E-state index is 10.6. The summed E-state index contributed by atoms with van der Waals surface area (Å²) in [5.41, 5.74) is 0. The van der Waals surface area contributed by atoms with Gasteiger partial charge in [0.1, 0.15) is 0 Å². The number of ether oxygens (including phenoxy) is 2. The standard InChI is InChI=1S/C9H17NO4/c1-3-13-7(2)14-8-4-5-10(6-8)9(11)12/h7-8H,3-6H2,1-2H3,(H,11,12). The Balaban J connectivity index is 2.25. The van der Waals surface area contributed by atoms with E-state index in [0.29, 0.717) is 19.7 Å². The molecule has 82 valence electrons. The first kappa shape index (κ1) is 11.3. The van der Waals surface area contributed by atoms with Crippen LogP contribution < -0.4 is 0 Å². The molecule has 1 N–H and O–H groups in total. The Kier molecular flexibility index (Phi) is 4.16. The van der Waals surface area contributed by atoms with Gasteiger partial charge in [0, 0.05) is 13.2 Å². The number of likely N-dealkylation sites (tertiary alicyclic amines) is 1. The van der Waals surface area contributed by atoms with Crippen molar-refractivity contribution in [2.75, 3.05) is 19.7 Å². The van der Waals surface area contributed by atoms with Gasteiger partial charge in [0.15, 0.2) is 6.29 Å². The lowest BCUT2D eigenvalue weighted by molar-refractivity contribution is -0.153. The van der Waals surface area contributed by atoms with E-state index in [2.05, 4.69) is 0 Å². The van der Waals surface area contributed by atoms with Gasteiger partial charge in [-0.2, -0.15) is 0 Å². The molecule has 0 aromatic rings. The fourth-order valence-electron chi connectivity index (χ4n) is 1.56. The SMILES string of the molecule is CCOC(C)OC1CCN(C(=O)O)C1. The molecule has 0 radical (unpaired) electrons. The Morgan fingerprint density at radius 1 is 1.71 bits per heavy atom. The number of carbonyl (C=O) groups is 1. The van der Waals surface area contributed by atoms with Crippen LogP contribution in [0, 0.1) is 0 Å². The van der Waals surface area contributed by atoms with E-state index >= 15 is 0 Å². The van der Waals surface area contributed by atoms with Gasteiger partial charge in [-0.05, 0) is 20.3 Å². The van der Waals surface area contributed by atoms with E-state index in [1.807, 2.05) is 13.8 Å². The smallest absolute Gasteiger partial charge is 0.407 e. The van der Waals surface area contributed by atoms with Gasteiger partial charge in [0.05, 0.1) is 12.6 Å². The summed E-state index contributed by atoms with van der Waals surface area (Å²) in [5.74, 6) is 0. The molecule has 5 heteroatoms. The maximum Gasteiger partial charge on any atom is 0.407 e. The second-order valence-electron chi connectivity index (χ2n) is 3.30. The lowest BCUT2D eigenvalue weighted by atomic mass is 10.3. The molecule has 1 amide bonds. The zero-order chi connectivity index (χ0) is 10.6. The molecular formula is C9H17NO4. The minimum Gasteiger partial charge on any atom is -0.465 e. The van der Waals surface area contributed by atoms with Crippen molar-refractivity contribution in [1.82, 2.24) is 4.90 Å². The summed E-state index contributed by atoms with van der Waals surface area (Å²) >= 11 is 0. The minimum atomic E-state index is -0.875. The molecule has 0 spiro atoms. The van der Waals surface area contributed by atoms with Crippen molar-refractivity contribution in [3.63, 3.8) is 0 Å². The predicted octanol–water partition coefficient (Wildman–Crippen LogP) is 1.14. The van der Waals surface area contributed by atoms with Crippen LogP contribution in [-0.4, -0.2) is 48.2 Å². The molecular weight excluding hydrogens is 186 g/mol. The summed E-state index contributed by atoms with van der Waals surface area (Å²) in [6, 6.07) is 0. The summed E-state index contributed by atoms with van der Waals surface area (Å²) in [4.78, 5) is 12.0. The molecule has 1 aliphatic heterocycles. The fraction of sp³-hybridized carbons (Fsp3) is 0.889. The van der Waals surface area contributed by atoms with Gasteiger partial charge in [0.25, 0.3) is 0 Å². The molecule has 0 bridgehead atoms. The summed E-state index contributed by atoms with van der Waals surface area (Å²) < 4.78 is 10.7. The molecule has 14 heavy (non-hydrogen) atoms. The quantitative estimate of drug-likeness (QED) is 0.696. The van der Waals surface area contributed by atoms with Crippen molar-refractivity contribution in [3.8, 4) is 0 Å². The summed E-state index contributed by atoms with van der Waals surface area (Å²) in [5, 5.41) is 8.71. The Morgan fingerprint density at radius 2 is 2.43 bits per heavy atom. The molecule has 0 aliphatic carbocycles. The minimum absolute atomic E-state index is 0.0207. The van der Waals surface area contributed by atoms with Crippen LogP contribution in [0.3, 0.4) is 0 Å². The average molecular weight is 203 g/mol. The maximum absolute atomic E-state index is 10.6. The van der Waals surface area contributed by atoms with Crippen molar-refractivity contribution in [1.29, 1.82) is 0 Å². The van der Waals surface area contributed by atoms with Crippen molar-refractivity contribution >= 4 is 6.09 Å². The van der Waals surface area contributed by atoms with Crippen molar-refractivity contribution in [2.45, 2.75) is 32.7 Å². The van der Waals surface area contributed by atoms with Gasteiger partial charge in [-0.25, -0.2) is 4.79 Å². The molecule has 1 rings (SSSR count).